The molecule has 3 aromatic rings. The molecule has 28 heavy (non-hydrogen) atoms. The topological polar surface area (TPSA) is 9.23 Å². The van der Waals surface area contributed by atoms with E-state index in [0.29, 0.717) is 12.2 Å². The molecule has 1 atom stereocenters. The number of hydrogen-bond donors (Lipinski definition) is 0. The third kappa shape index (κ3) is 5.36. The summed E-state index contributed by atoms with van der Waals surface area (Å²) >= 11 is 6.05. The van der Waals surface area contributed by atoms with Crippen molar-refractivity contribution in [1.82, 2.24) is 0 Å². The summed E-state index contributed by atoms with van der Waals surface area (Å²) in [6.45, 7) is 4.82. The maximum Gasteiger partial charge on any atom is 0.145 e. The van der Waals surface area contributed by atoms with E-state index < -0.39 is 0 Å². The number of para-hydroxylation sites is 1. The Morgan fingerprint density at radius 3 is 2.46 bits per heavy atom. The first-order valence-corrected chi connectivity index (χ1v) is 10.1. The Morgan fingerprint density at radius 2 is 1.71 bits per heavy atom. The molecule has 0 saturated carbocycles. The predicted octanol–water partition coefficient (Wildman–Crippen LogP) is 7.28. The third-order valence-electron chi connectivity index (χ3n) is 5.18. The Kier molecular flexibility index (Phi) is 7.11. The molecule has 146 valence electrons. The molecule has 1 unspecified atom stereocenters. The molecule has 0 aromatic heterocycles. The molecule has 1 nitrogen and oxygen atoms in total. The lowest BCUT2D eigenvalue weighted by molar-refractivity contribution is 0.300. The maximum absolute atomic E-state index is 14.7. The zero-order valence-electron chi connectivity index (χ0n) is 16.4. The average molecular weight is 397 g/mol. The van der Waals surface area contributed by atoms with E-state index in [-0.39, 0.29) is 16.8 Å². The molecule has 0 bridgehead atoms. The SMILES string of the molecule is Cc1ccc(CC(CCCOc2ccccc2)c2cccc(Cl)c2F)cc1C. The summed E-state index contributed by atoms with van der Waals surface area (Å²) in [5.41, 5.74) is 4.43. The highest BCUT2D eigenvalue weighted by Gasteiger charge is 2.18. The molecule has 3 rings (SSSR count). The normalized spacial score (nSPS) is 12.0. The minimum atomic E-state index is -0.304. The van der Waals surface area contributed by atoms with Crippen molar-refractivity contribution in [3.05, 3.63) is 99.8 Å². The Hall–Kier alpha value is -2.32. The van der Waals surface area contributed by atoms with Crippen molar-refractivity contribution in [3.63, 3.8) is 0 Å². The van der Waals surface area contributed by atoms with Crippen molar-refractivity contribution in [1.29, 1.82) is 0 Å². The molecular weight excluding hydrogens is 371 g/mol. The summed E-state index contributed by atoms with van der Waals surface area (Å²) in [6.07, 6.45) is 2.46. The van der Waals surface area contributed by atoms with Gasteiger partial charge in [0.15, 0.2) is 0 Å². The first-order valence-electron chi connectivity index (χ1n) is 9.72. The highest BCUT2D eigenvalue weighted by atomic mass is 35.5. The van der Waals surface area contributed by atoms with Crippen LogP contribution in [0.25, 0.3) is 0 Å². The summed E-state index contributed by atoms with van der Waals surface area (Å²) < 4.78 is 20.5. The van der Waals surface area contributed by atoms with Crippen LogP contribution in [0.15, 0.2) is 66.7 Å². The van der Waals surface area contributed by atoms with Crippen LogP contribution in [0, 0.1) is 19.7 Å². The quantitative estimate of drug-likeness (QED) is 0.363. The summed E-state index contributed by atoms with van der Waals surface area (Å²) in [7, 11) is 0. The van der Waals surface area contributed by atoms with Crippen LogP contribution in [0.5, 0.6) is 5.75 Å². The van der Waals surface area contributed by atoms with Gasteiger partial charge in [-0.2, -0.15) is 0 Å². The minimum absolute atomic E-state index is 0.0557. The first kappa shape index (κ1) is 20.4. The van der Waals surface area contributed by atoms with Gasteiger partial charge >= 0.3 is 0 Å². The van der Waals surface area contributed by atoms with E-state index in [1.165, 1.54) is 16.7 Å². The van der Waals surface area contributed by atoms with Crippen molar-refractivity contribution >= 4 is 11.6 Å². The number of ether oxygens (including phenoxy) is 1. The van der Waals surface area contributed by atoms with Crippen LogP contribution in [-0.2, 0) is 6.42 Å². The zero-order chi connectivity index (χ0) is 19.9. The molecule has 0 radical (unpaired) electrons. The zero-order valence-corrected chi connectivity index (χ0v) is 17.2. The second-order valence-corrected chi connectivity index (χ2v) is 7.67. The Labute approximate surface area is 172 Å². The van der Waals surface area contributed by atoms with Crippen molar-refractivity contribution in [2.24, 2.45) is 0 Å². The van der Waals surface area contributed by atoms with E-state index in [2.05, 4.69) is 32.0 Å². The molecule has 0 spiro atoms. The molecule has 0 amide bonds. The molecule has 0 aliphatic carbocycles. The van der Waals surface area contributed by atoms with E-state index >= 15 is 0 Å². The van der Waals surface area contributed by atoms with E-state index in [1.807, 2.05) is 42.5 Å². The van der Waals surface area contributed by atoms with Crippen LogP contribution in [0.4, 0.5) is 4.39 Å². The van der Waals surface area contributed by atoms with Gasteiger partial charge in [-0.25, -0.2) is 4.39 Å². The Balaban J connectivity index is 1.72. The van der Waals surface area contributed by atoms with Crippen molar-refractivity contribution < 1.29 is 9.13 Å². The monoisotopic (exact) mass is 396 g/mol. The van der Waals surface area contributed by atoms with Crippen molar-refractivity contribution in [2.45, 2.75) is 39.0 Å². The van der Waals surface area contributed by atoms with Crippen LogP contribution < -0.4 is 4.74 Å². The standard InChI is InChI=1S/C25H26ClFO/c1-18-13-14-20(16-19(18)2)17-21(23-11-6-12-24(26)25(23)27)8-7-15-28-22-9-4-3-5-10-22/h3-6,9-14,16,21H,7-8,15,17H2,1-2H3. The van der Waals surface area contributed by atoms with Gasteiger partial charge in [0.25, 0.3) is 0 Å². The lowest BCUT2D eigenvalue weighted by Crippen LogP contribution is -2.09. The fourth-order valence-corrected chi connectivity index (χ4v) is 3.64. The first-order chi connectivity index (χ1) is 13.5. The molecule has 0 heterocycles. The molecule has 3 aromatic carbocycles. The van der Waals surface area contributed by atoms with Crippen LogP contribution in [0.2, 0.25) is 5.02 Å². The van der Waals surface area contributed by atoms with Gasteiger partial charge in [0.05, 0.1) is 11.6 Å². The average Bonchev–Trinajstić information content (AvgIpc) is 2.70. The molecule has 0 N–H and O–H groups in total. The van der Waals surface area contributed by atoms with Crippen LogP contribution >= 0.6 is 11.6 Å². The number of hydrogen-bond acceptors (Lipinski definition) is 1. The van der Waals surface area contributed by atoms with Gasteiger partial charge < -0.3 is 4.74 Å². The number of halogens is 2. The number of rotatable bonds is 8. The molecule has 0 aliphatic heterocycles. The van der Waals surface area contributed by atoms with Crippen LogP contribution in [-0.4, -0.2) is 6.61 Å². The summed E-state index contributed by atoms with van der Waals surface area (Å²) in [6, 6.07) is 21.5. The van der Waals surface area contributed by atoms with Crippen molar-refractivity contribution in [3.8, 4) is 5.75 Å². The van der Waals surface area contributed by atoms with Gasteiger partial charge in [-0.05, 0) is 79.5 Å². The van der Waals surface area contributed by atoms with Gasteiger partial charge in [-0.1, -0.05) is 60.1 Å². The Bertz CT molecular complexity index is 908. The molecule has 0 saturated heterocycles. The summed E-state index contributed by atoms with van der Waals surface area (Å²) in [5, 5.41) is 0.183. The van der Waals surface area contributed by atoms with Crippen molar-refractivity contribution in [2.75, 3.05) is 6.61 Å². The van der Waals surface area contributed by atoms with Gasteiger partial charge in [-0.3, -0.25) is 0 Å². The van der Waals surface area contributed by atoms with Gasteiger partial charge in [-0.15, -0.1) is 0 Å². The van der Waals surface area contributed by atoms with Crippen LogP contribution in [0.3, 0.4) is 0 Å². The van der Waals surface area contributed by atoms with E-state index in [1.54, 1.807) is 6.07 Å². The lowest BCUT2D eigenvalue weighted by atomic mass is 9.87. The van der Waals surface area contributed by atoms with Gasteiger partial charge in [0.1, 0.15) is 11.6 Å². The fourth-order valence-electron chi connectivity index (χ4n) is 3.45. The molecule has 0 aliphatic rings. The number of aryl methyl sites for hydroxylation is 2. The smallest absolute Gasteiger partial charge is 0.145 e. The summed E-state index contributed by atoms with van der Waals surface area (Å²) in [5.74, 6) is 0.615. The van der Waals surface area contributed by atoms with Gasteiger partial charge in [0.2, 0.25) is 0 Å². The van der Waals surface area contributed by atoms with E-state index in [4.69, 9.17) is 16.3 Å². The molecule has 3 heteroatoms. The highest BCUT2D eigenvalue weighted by Crippen LogP contribution is 2.31. The molecular formula is C25H26ClFO. The van der Waals surface area contributed by atoms with E-state index in [9.17, 15) is 4.39 Å². The second-order valence-electron chi connectivity index (χ2n) is 7.27. The third-order valence-corrected chi connectivity index (χ3v) is 5.48. The lowest BCUT2D eigenvalue weighted by Gasteiger charge is -2.19. The number of benzene rings is 3. The van der Waals surface area contributed by atoms with Gasteiger partial charge in [0, 0.05) is 0 Å². The predicted molar refractivity (Wildman–Crippen MR) is 115 cm³/mol. The molecule has 0 fully saturated rings. The maximum atomic E-state index is 14.7. The van der Waals surface area contributed by atoms with Crippen LogP contribution in [0.1, 0.15) is 41.0 Å². The van der Waals surface area contributed by atoms with E-state index in [0.717, 1.165) is 25.0 Å². The largest absolute Gasteiger partial charge is 0.494 e. The Morgan fingerprint density at radius 1 is 0.929 bits per heavy atom. The fraction of sp³-hybridized carbons (Fsp3) is 0.280. The second kappa shape index (κ2) is 9.75. The minimum Gasteiger partial charge on any atom is -0.494 e. The summed E-state index contributed by atoms with van der Waals surface area (Å²) in [4.78, 5) is 0. The highest BCUT2D eigenvalue weighted by molar-refractivity contribution is 6.30.